The maximum atomic E-state index is 13.0. The van der Waals surface area contributed by atoms with Crippen LogP contribution in [0, 0.1) is 5.82 Å². The van der Waals surface area contributed by atoms with E-state index >= 15 is 0 Å². The molecule has 0 radical (unpaired) electrons. The van der Waals surface area contributed by atoms with E-state index in [9.17, 15) is 9.18 Å². The molecule has 0 saturated heterocycles. The number of anilines is 1. The first-order valence-corrected chi connectivity index (χ1v) is 6.12. The standard InChI is InChI=1S/C12H7BrClFN2O/c13-11-10(2-1-5-16-11)17-12(18)7-3-4-9(15)8(14)6-7/h1-6H,(H,17,18). The first-order chi connectivity index (χ1) is 8.58. The second-order valence-corrected chi connectivity index (χ2v) is 4.58. The SMILES string of the molecule is O=C(Nc1cccnc1Br)c1ccc(F)c(Cl)c1. The molecule has 1 aromatic heterocycles. The zero-order chi connectivity index (χ0) is 13.1. The molecule has 2 aromatic rings. The molecule has 0 atom stereocenters. The average molecular weight is 330 g/mol. The van der Waals surface area contributed by atoms with Crippen LogP contribution >= 0.6 is 27.5 Å². The highest BCUT2D eigenvalue weighted by molar-refractivity contribution is 9.10. The minimum atomic E-state index is -0.559. The lowest BCUT2D eigenvalue weighted by molar-refractivity contribution is 0.102. The zero-order valence-corrected chi connectivity index (χ0v) is 11.3. The lowest BCUT2D eigenvalue weighted by Crippen LogP contribution is -2.12. The smallest absolute Gasteiger partial charge is 0.255 e. The molecule has 18 heavy (non-hydrogen) atoms. The molecular weight excluding hydrogens is 323 g/mol. The van der Waals surface area contributed by atoms with Gasteiger partial charge in [0.2, 0.25) is 0 Å². The molecule has 6 heteroatoms. The van der Waals surface area contributed by atoms with Gasteiger partial charge in [0.05, 0.1) is 10.7 Å². The number of rotatable bonds is 2. The quantitative estimate of drug-likeness (QED) is 0.849. The number of aromatic nitrogens is 1. The second-order valence-electron chi connectivity index (χ2n) is 3.42. The third-order valence-corrected chi connectivity index (χ3v) is 3.11. The number of hydrogen-bond acceptors (Lipinski definition) is 2. The van der Waals surface area contributed by atoms with Crippen molar-refractivity contribution in [1.29, 1.82) is 0 Å². The van der Waals surface area contributed by atoms with Gasteiger partial charge in [-0.05, 0) is 46.3 Å². The highest BCUT2D eigenvalue weighted by Gasteiger charge is 2.10. The summed E-state index contributed by atoms with van der Waals surface area (Å²) in [6.45, 7) is 0. The van der Waals surface area contributed by atoms with Crippen molar-refractivity contribution in [3.8, 4) is 0 Å². The van der Waals surface area contributed by atoms with E-state index in [1.54, 1.807) is 18.3 Å². The van der Waals surface area contributed by atoms with Crippen LogP contribution in [0.5, 0.6) is 0 Å². The Morgan fingerprint density at radius 1 is 1.39 bits per heavy atom. The van der Waals surface area contributed by atoms with Crippen molar-refractivity contribution in [3.05, 3.63) is 57.5 Å². The van der Waals surface area contributed by atoms with Gasteiger partial charge >= 0.3 is 0 Å². The fourth-order valence-corrected chi connectivity index (χ4v) is 1.84. The molecular formula is C12H7BrClFN2O. The van der Waals surface area contributed by atoms with Crippen LogP contribution in [0.1, 0.15) is 10.4 Å². The molecule has 1 aromatic carbocycles. The van der Waals surface area contributed by atoms with Gasteiger partial charge in [-0.2, -0.15) is 0 Å². The molecule has 92 valence electrons. The third-order valence-electron chi connectivity index (χ3n) is 2.19. The van der Waals surface area contributed by atoms with Gasteiger partial charge in [-0.25, -0.2) is 9.37 Å². The molecule has 0 saturated carbocycles. The fraction of sp³-hybridized carbons (Fsp3) is 0. The van der Waals surface area contributed by atoms with Crippen LogP contribution in [-0.4, -0.2) is 10.9 Å². The Labute approximate surface area is 116 Å². The average Bonchev–Trinajstić information content (AvgIpc) is 2.35. The van der Waals surface area contributed by atoms with E-state index in [1.807, 2.05) is 0 Å². The van der Waals surface area contributed by atoms with Crippen LogP contribution in [0.15, 0.2) is 41.1 Å². The van der Waals surface area contributed by atoms with Crippen molar-refractivity contribution in [2.45, 2.75) is 0 Å². The molecule has 3 nitrogen and oxygen atoms in total. The zero-order valence-electron chi connectivity index (χ0n) is 8.95. The van der Waals surface area contributed by atoms with E-state index in [0.29, 0.717) is 10.3 Å². The van der Waals surface area contributed by atoms with E-state index in [2.05, 4.69) is 26.2 Å². The van der Waals surface area contributed by atoms with Crippen LogP contribution in [0.3, 0.4) is 0 Å². The van der Waals surface area contributed by atoms with Gasteiger partial charge in [0, 0.05) is 11.8 Å². The van der Waals surface area contributed by atoms with Crippen LogP contribution in [-0.2, 0) is 0 Å². The Balaban J connectivity index is 2.22. The molecule has 0 unspecified atom stereocenters. The monoisotopic (exact) mass is 328 g/mol. The van der Waals surface area contributed by atoms with Gasteiger partial charge in [-0.15, -0.1) is 0 Å². The van der Waals surface area contributed by atoms with E-state index in [4.69, 9.17) is 11.6 Å². The summed E-state index contributed by atoms with van der Waals surface area (Å²) in [4.78, 5) is 15.9. The summed E-state index contributed by atoms with van der Waals surface area (Å²) in [6.07, 6.45) is 1.59. The maximum absolute atomic E-state index is 13.0. The molecule has 0 bridgehead atoms. The minimum absolute atomic E-state index is 0.0899. The van der Waals surface area contributed by atoms with Gasteiger partial charge in [-0.3, -0.25) is 4.79 Å². The summed E-state index contributed by atoms with van der Waals surface area (Å²) in [6, 6.07) is 7.17. The normalized spacial score (nSPS) is 10.2. The minimum Gasteiger partial charge on any atom is -0.320 e. The number of pyridine rings is 1. The van der Waals surface area contributed by atoms with Crippen molar-refractivity contribution in [3.63, 3.8) is 0 Å². The van der Waals surface area contributed by atoms with Gasteiger partial charge in [0.25, 0.3) is 5.91 Å². The molecule has 1 N–H and O–H groups in total. The van der Waals surface area contributed by atoms with Gasteiger partial charge in [-0.1, -0.05) is 11.6 Å². The van der Waals surface area contributed by atoms with Gasteiger partial charge in [0.1, 0.15) is 10.4 Å². The number of hydrogen-bond donors (Lipinski definition) is 1. The Kier molecular flexibility index (Phi) is 3.93. The number of halogens is 3. The Hall–Kier alpha value is -1.46. The lowest BCUT2D eigenvalue weighted by atomic mass is 10.2. The first kappa shape index (κ1) is 13.0. The number of nitrogens with one attached hydrogen (secondary N) is 1. The third kappa shape index (κ3) is 2.86. The van der Waals surface area contributed by atoms with E-state index in [1.165, 1.54) is 12.1 Å². The summed E-state index contributed by atoms with van der Waals surface area (Å²) in [7, 11) is 0. The Bertz CT molecular complexity index is 606. The highest BCUT2D eigenvalue weighted by atomic mass is 79.9. The van der Waals surface area contributed by atoms with Crippen molar-refractivity contribution in [2.75, 3.05) is 5.32 Å². The largest absolute Gasteiger partial charge is 0.320 e. The maximum Gasteiger partial charge on any atom is 0.255 e. The number of amides is 1. The Morgan fingerprint density at radius 2 is 2.17 bits per heavy atom. The van der Waals surface area contributed by atoms with Crippen molar-refractivity contribution in [2.24, 2.45) is 0 Å². The van der Waals surface area contributed by atoms with E-state index in [0.717, 1.165) is 6.07 Å². The van der Waals surface area contributed by atoms with Gasteiger partial charge in [0.15, 0.2) is 0 Å². The molecule has 0 spiro atoms. The van der Waals surface area contributed by atoms with E-state index < -0.39 is 5.82 Å². The van der Waals surface area contributed by atoms with Crippen molar-refractivity contribution >= 4 is 39.1 Å². The molecule has 1 heterocycles. The highest BCUT2D eigenvalue weighted by Crippen LogP contribution is 2.21. The summed E-state index contributed by atoms with van der Waals surface area (Å²) in [5.41, 5.74) is 0.806. The summed E-state index contributed by atoms with van der Waals surface area (Å²) in [5, 5.41) is 2.55. The van der Waals surface area contributed by atoms with E-state index in [-0.39, 0.29) is 16.5 Å². The predicted molar refractivity (Wildman–Crippen MR) is 71.3 cm³/mol. The van der Waals surface area contributed by atoms with Crippen molar-refractivity contribution in [1.82, 2.24) is 4.98 Å². The number of carbonyl (C=O) groups is 1. The Morgan fingerprint density at radius 3 is 2.83 bits per heavy atom. The molecule has 2 rings (SSSR count). The predicted octanol–water partition coefficient (Wildman–Crippen LogP) is 3.89. The number of carbonyl (C=O) groups excluding carboxylic acids is 1. The van der Waals surface area contributed by atoms with Gasteiger partial charge < -0.3 is 5.32 Å². The van der Waals surface area contributed by atoms with Crippen molar-refractivity contribution < 1.29 is 9.18 Å². The number of benzene rings is 1. The molecule has 1 amide bonds. The molecule has 0 aliphatic carbocycles. The second kappa shape index (κ2) is 5.46. The summed E-state index contributed by atoms with van der Waals surface area (Å²) in [5.74, 6) is -0.943. The van der Waals surface area contributed by atoms with Crippen LogP contribution in [0.2, 0.25) is 5.02 Å². The summed E-state index contributed by atoms with van der Waals surface area (Å²) < 4.78 is 13.5. The van der Waals surface area contributed by atoms with Crippen LogP contribution in [0.4, 0.5) is 10.1 Å². The topological polar surface area (TPSA) is 42.0 Å². The van der Waals surface area contributed by atoms with Crippen LogP contribution < -0.4 is 5.32 Å². The molecule has 0 fully saturated rings. The first-order valence-electron chi connectivity index (χ1n) is 4.95. The lowest BCUT2D eigenvalue weighted by Gasteiger charge is -2.06. The fourth-order valence-electron chi connectivity index (χ4n) is 1.31. The molecule has 0 aliphatic rings. The summed E-state index contributed by atoms with van der Waals surface area (Å²) >= 11 is 8.83. The molecule has 0 aliphatic heterocycles. The van der Waals surface area contributed by atoms with Crippen LogP contribution in [0.25, 0.3) is 0 Å². The number of nitrogens with zero attached hydrogens (tertiary/aromatic N) is 1.